The van der Waals surface area contributed by atoms with Crippen LogP contribution in [0.3, 0.4) is 0 Å². The highest BCUT2D eigenvalue weighted by Gasteiger charge is 2.26. The van der Waals surface area contributed by atoms with Crippen molar-refractivity contribution in [2.75, 3.05) is 19.8 Å². The molecule has 76 valence electrons. The van der Waals surface area contributed by atoms with Crippen molar-refractivity contribution in [2.45, 2.75) is 31.7 Å². The normalized spacial score (nSPS) is 17.5. The van der Waals surface area contributed by atoms with Crippen LogP contribution in [0.1, 0.15) is 25.7 Å². The third-order valence-electron chi connectivity index (χ3n) is 2.48. The molecule has 0 radical (unpaired) electrons. The van der Waals surface area contributed by atoms with Gasteiger partial charge in [0.25, 0.3) is 0 Å². The number of amides is 1. The molecule has 0 unspecified atom stereocenters. The van der Waals surface area contributed by atoms with E-state index in [-0.39, 0.29) is 25.2 Å². The molecule has 4 heteroatoms. The SMILES string of the molecule is O=C1CCCN1C(CCO)CCO. The molecule has 1 aliphatic heterocycles. The first-order valence-corrected chi connectivity index (χ1v) is 4.80. The molecule has 1 fully saturated rings. The average molecular weight is 187 g/mol. The summed E-state index contributed by atoms with van der Waals surface area (Å²) in [4.78, 5) is 13.1. The van der Waals surface area contributed by atoms with E-state index in [2.05, 4.69) is 0 Å². The van der Waals surface area contributed by atoms with Gasteiger partial charge in [0.05, 0.1) is 0 Å². The van der Waals surface area contributed by atoms with Gasteiger partial charge in [-0.3, -0.25) is 4.79 Å². The highest BCUT2D eigenvalue weighted by molar-refractivity contribution is 5.78. The molecule has 0 spiro atoms. The lowest BCUT2D eigenvalue weighted by molar-refractivity contribution is -0.130. The van der Waals surface area contributed by atoms with E-state index < -0.39 is 0 Å². The Kier molecular flexibility index (Phi) is 4.18. The molecule has 13 heavy (non-hydrogen) atoms. The van der Waals surface area contributed by atoms with Gasteiger partial charge in [0, 0.05) is 32.2 Å². The lowest BCUT2D eigenvalue weighted by atomic mass is 10.1. The summed E-state index contributed by atoms with van der Waals surface area (Å²) in [6.07, 6.45) is 2.68. The zero-order valence-corrected chi connectivity index (χ0v) is 7.78. The maximum Gasteiger partial charge on any atom is 0.222 e. The molecule has 1 heterocycles. The van der Waals surface area contributed by atoms with Crippen molar-refractivity contribution in [1.82, 2.24) is 4.90 Å². The Morgan fingerprint density at radius 3 is 2.31 bits per heavy atom. The first-order chi connectivity index (χ1) is 6.29. The van der Waals surface area contributed by atoms with Crippen molar-refractivity contribution in [3.05, 3.63) is 0 Å². The Labute approximate surface area is 78.2 Å². The number of likely N-dealkylation sites (tertiary alicyclic amines) is 1. The van der Waals surface area contributed by atoms with Crippen molar-refractivity contribution in [3.63, 3.8) is 0 Å². The van der Waals surface area contributed by atoms with E-state index in [1.54, 1.807) is 4.90 Å². The molecule has 0 saturated carbocycles. The third-order valence-corrected chi connectivity index (χ3v) is 2.48. The Morgan fingerprint density at radius 1 is 1.31 bits per heavy atom. The molecule has 0 atom stereocenters. The Bertz CT molecular complexity index is 166. The van der Waals surface area contributed by atoms with E-state index in [9.17, 15) is 4.79 Å². The number of hydrogen-bond acceptors (Lipinski definition) is 3. The third kappa shape index (κ3) is 2.67. The topological polar surface area (TPSA) is 60.8 Å². The van der Waals surface area contributed by atoms with Gasteiger partial charge in [-0.25, -0.2) is 0 Å². The lowest BCUT2D eigenvalue weighted by Gasteiger charge is -2.26. The number of carbonyl (C=O) groups is 1. The zero-order chi connectivity index (χ0) is 9.68. The predicted octanol–water partition coefficient (Wildman–Crippen LogP) is -0.258. The maximum atomic E-state index is 11.3. The quantitative estimate of drug-likeness (QED) is 0.623. The fourth-order valence-corrected chi connectivity index (χ4v) is 1.81. The second-order valence-electron chi connectivity index (χ2n) is 3.37. The minimum absolute atomic E-state index is 0.0324. The molecule has 0 aromatic carbocycles. The summed E-state index contributed by atoms with van der Waals surface area (Å²) in [6, 6.07) is 0.0324. The Hall–Kier alpha value is -0.610. The van der Waals surface area contributed by atoms with Crippen LogP contribution in [0, 0.1) is 0 Å². The largest absolute Gasteiger partial charge is 0.396 e. The lowest BCUT2D eigenvalue weighted by Crippen LogP contribution is -2.37. The molecule has 4 nitrogen and oxygen atoms in total. The fourth-order valence-electron chi connectivity index (χ4n) is 1.81. The summed E-state index contributed by atoms with van der Waals surface area (Å²) in [7, 11) is 0. The molecule has 1 amide bonds. The van der Waals surface area contributed by atoms with Gasteiger partial charge in [-0.2, -0.15) is 0 Å². The molecule has 2 N–H and O–H groups in total. The number of aliphatic hydroxyl groups is 2. The van der Waals surface area contributed by atoms with E-state index in [1.807, 2.05) is 0 Å². The zero-order valence-electron chi connectivity index (χ0n) is 7.78. The van der Waals surface area contributed by atoms with Crippen LogP contribution in [0.2, 0.25) is 0 Å². The van der Waals surface area contributed by atoms with Gasteiger partial charge < -0.3 is 15.1 Å². The van der Waals surface area contributed by atoms with E-state index >= 15 is 0 Å². The van der Waals surface area contributed by atoms with Gasteiger partial charge in [0.2, 0.25) is 5.91 Å². The first kappa shape index (κ1) is 10.5. The molecular weight excluding hydrogens is 170 g/mol. The molecule has 1 aliphatic rings. The number of hydrogen-bond donors (Lipinski definition) is 2. The van der Waals surface area contributed by atoms with Crippen molar-refractivity contribution in [2.24, 2.45) is 0 Å². The first-order valence-electron chi connectivity index (χ1n) is 4.80. The molecule has 0 aromatic heterocycles. The van der Waals surface area contributed by atoms with Gasteiger partial charge in [-0.15, -0.1) is 0 Å². The van der Waals surface area contributed by atoms with Gasteiger partial charge in [0.15, 0.2) is 0 Å². The molecular formula is C9H17NO3. The summed E-state index contributed by atoms with van der Waals surface area (Å²) in [6.45, 7) is 0.937. The van der Waals surface area contributed by atoms with Gasteiger partial charge >= 0.3 is 0 Å². The molecule has 1 rings (SSSR count). The Balaban J connectivity index is 2.47. The summed E-state index contributed by atoms with van der Waals surface area (Å²) in [5.74, 6) is 0.159. The van der Waals surface area contributed by atoms with Crippen molar-refractivity contribution < 1.29 is 15.0 Å². The summed E-state index contributed by atoms with van der Waals surface area (Å²) < 4.78 is 0. The second kappa shape index (κ2) is 5.19. The molecule has 1 saturated heterocycles. The molecule has 0 bridgehead atoms. The maximum absolute atomic E-state index is 11.3. The van der Waals surface area contributed by atoms with Crippen LogP contribution in [0.4, 0.5) is 0 Å². The van der Waals surface area contributed by atoms with Crippen molar-refractivity contribution in [3.8, 4) is 0 Å². The Morgan fingerprint density at radius 2 is 1.92 bits per heavy atom. The summed E-state index contributed by atoms with van der Waals surface area (Å²) in [5.41, 5.74) is 0. The van der Waals surface area contributed by atoms with Crippen molar-refractivity contribution in [1.29, 1.82) is 0 Å². The van der Waals surface area contributed by atoms with Gasteiger partial charge in [-0.1, -0.05) is 0 Å². The fraction of sp³-hybridized carbons (Fsp3) is 0.889. The van der Waals surface area contributed by atoms with Crippen LogP contribution in [0.15, 0.2) is 0 Å². The minimum atomic E-state index is 0.0324. The average Bonchev–Trinajstić information content (AvgIpc) is 2.51. The summed E-state index contributed by atoms with van der Waals surface area (Å²) >= 11 is 0. The molecule has 0 aromatic rings. The van der Waals surface area contributed by atoms with Crippen LogP contribution >= 0.6 is 0 Å². The highest BCUT2D eigenvalue weighted by Crippen LogP contribution is 2.17. The summed E-state index contributed by atoms with van der Waals surface area (Å²) in [5, 5.41) is 17.6. The predicted molar refractivity (Wildman–Crippen MR) is 48.1 cm³/mol. The van der Waals surface area contributed by atoms with Crippen LogP contribution in [0.25, 0.3) is 0 Å². The van der Waals surface area contributed by atoms with Crippen LogP contribution < -0.4 is 0 Å². The monoisotopic (exact) mass is 187 g/mol. The van der Waals surface area contributed by atoms with Crippen LogP contribution in [-0.4, -0.2) is 46.8 Å². The van der Waals surface area contributed by atoms with Gasteiger partial charge in [0.1, 0.15) is 0 Å². The van der Waals surface area contributed by atoms with Crippen LogP contribution in [0.5, 0.6) is 0 Å². The standard InChI is InChI=1S/C9H17NO3/c11-6-3-8(4-7-12)10-5-1-2-9(10)13/h8,11-12H,1-7H2. The minimum Gasteiger partial charge on any atom is -0.396 e. The molecule has 0 aliphatic carbocycles. The van der Waals surface area contributed by atoms with Gasteiger partial charge in [-0.05, 0) is 19.3 Å². The van der Waals surface area contributed by atoms with E-state index in [0.29, 0.717) is 19.3 Å². The van der Waals surface area contributed by atoms with Crippen molar-refractivity contribution >= 4 is 5.91 Å². The number of nitrogens with zero attached hydrogens (tertiary/aromatic N) is 1. The number of rotatable bonds is 5. The smallest absolute Gasteiger partial charge is 0.222 e. The highest BCUT2D eigenvalue weighted by atomic mass is 16.3. The van der Waals surface area contributed by atoms with E-state index in [4.69, 9.17) is 10.2 Å². The van der Waals surface area contributed by atoms with E-state index in [0.717, 1.165) is 13.0 Å². The second-order valence-corrected chi connectivity index (χ2v) is 3.37. The van der Waals surface area contributed by atoms with Crippen LogP contribution in [-0.2, 0) is 4.79 Å². The number of carbonyl (C=O) groups excluding carboxylic acids is 1. The van der Waals surface area contributed by atoms with E-state index in [1.165, 1.54) is 0 Å². The number of aliphatic hydroxyl groups excluding tert-OH is 2.